The monoisotopic (exact) mass is 349 g/mol. The maximum atomic E-state index is 12.2. The van der Waals surface area contributed by atoms with Crippen molar-refractivity contribution in [3.05, 3.63) is 17.7 Å². The van der Waals surface area contributed by atoms with Gasteiger partial charge in [-0.25, -0.2) is 0 Å². The number of methoxy groups -OCH3 is 2. The van der Waals surface area contributed by atoms with E-state index in [0.29, 0.717) is 28.6 Å². The second-order valence-electron chi connectivity index (χ2n) is 5.88. The third-order valence-corrected chi connectivity index (χ3v) is 4.05. The van der Waals surface area contributed by atoms with Gasteiger partial charge < -0.3 is 24.3 Å². The molecule has 1 aliphatic heterocycles. The number of rotatable bonds is 9. The summed E-state index contributed by atoms with van der Waals surface area (Å²) in [6.07, 6.45) is 7.26. The molecule has 0 atom stereocenters. The molecule has 138 valence electrons. The molecule has 1 N–H and O–H groups in total. The molecule has 6 nitrogen and oxygen atoms in total. The standard InChI is InChI=1S/C19H27NO5/c1-5-7-14(8-6-2)20-16(21)10-9-13-11-15(22-3)18-19(17(13)23-4)25-12-24-18/h9-11,14H,5-8,12H2,1-4H3,(H,20,21). The Bertz CT molecular complexity index is 621. The Morgan fingerprint density at radius 2 is 1.88 bits per heavy atom. The van der Waals surface area contributed by atoms with E-state index in [1.165, 1.54) is 6.08 Å². The fraction of sp³-hybridized carbons (Fsp3) is 0.526. The van der Waals surface area contributed by atoms with Crippen LogP contribution in [0.1, 0.15) is 45.1 Å². The van der Waals surface area contributed by atoms with Crippen LogP contribution in [0.15, 0.2) is 12.1 Å². The van der Waals surface area contributed by atoms with Gasteiger partial charge in [-0.15, -0.1) is 0 Å². The Morgan fingerprint density at radius 3 is 2.48 bits per heavy atom. The molecule has 0 aliphatic carbocycles. The number of carbonyl (C=O) groups is 1. The van der Waals surface area contributed by atoms with Gasteiger partial charge >= 0.3 is 0 Å². The molecule has 0 saturated carbocycles. The first-order valence-corrected chi connectivity index (χ1v) is 8.67. The van der Waals surface area contributed by atoms with Crippen LogP contribution in [0, 0.1) is 0 Å². The first-order chi connectivity index (χ1) is 12.1. The van der Waals surface area contributed by atoms with Crippen molar-refractivity contribution in [2.24, 2.45) is 0 Å². The van der Waals surface area contributed by atoms with Gasteiger partial charge in [-0.05, 0) is 25.0 Å². The smallest absolute Gasteiger partial charge is 0.244 e. The number of amides is 1. The van der Waals surface area contributed by atoms with E-state index in [-0.39, 0.29) is 18.7 Å². The summed E-state index contributed by atoms with van der Waals surface area (Å²) in [6.45, 7) is 4.36. The number of carbonyl (C=O) groups excluding carboxylic acids is 1. The number of nitrogens with one attached hydrogen (secondary N) is 1. The average Bonchev–Trinajstić information content (AvgIpc) is 3.09. The SMILES string of the molecule is CCCC(CCC)NC(=O)C=Cc1cc(OC)c2c(c1OC)OCO2. The van der Waals surface area contributed by atoms with Gasteiger partial charge in [0.1, 0.15) is 0 Å². The molecule has 0 spiro atoms. The van der Waals surface area contributed by atoms with E-state index in [9.17, 15) is 4.79 Å². The molecule has 0 radical (unpaired) electrons. The topological polar surface area (TPSA) is 66.0 Å². The summed E-state index contributed by atoms with van der Waals surface area (Å²) in [4.78, 5) is 12.2. The van der Waals surface area contributed by atoms with Gasteiger partial charge in [-0.2, -0.15) is 0 Å². The fourth-order valence-electron chi connectivity index (χ4n) is 2.92. The number of benzene rings is 1. The minimum atomic E-state index is -0.120. The van der Waals surface area contributed by atoms with E-state index >= 15 is 0 Å². The molecular weight excluding hydrogens is 322 g/mol. The summed E-state index contributed by atoms with van der Waals surface area (Å²) in [6, 6.07) is 1.98. The van der Waals surface area contributed by atoms with Crippen LogP contribution in [-0.2, 0) is 4.79 Å². The van der Waals surface area contributed by atoms with Crippen LogP contribution in [0.5, 0.6) is 23.0 Å². The predicted molar refractivity (Wildman–Crippen MR) is 96.4 cm³/mol. The minimum Gasteiger partial charge on any atom is -0.493 e. The Balaban J connectivity index is 2.18. The van der Waals surface area contributed by atoms with Crippen molar-refractivity contribution in [1.82, 2.24) is 5.32 Å². The van der Waals surface area contributed by atoms with E-state index in [4.69, 9.17) is 18.9 Å². The van der Waals surface area contributed by atoms with Gasteiger partial charge in [0.25, 0.3) is 0 Å². The highest BCUT2D eigenvalue weighted by Gasteiger charge is 2.26. The maximum Gasteiger partial charge on any atom is 0.244 e. The van der Waals surface area contributed by atoms with Crippen molar-refractivity contribution >= 4 is 12.0 Å². The zero-order valence-corrected chi connectivity index (χ0v) is 15.4. The minimum absolute atomic E-state index is 0.116. The first kappa shape index (κ1) is 19.0. The number of hydrogen-bond donors (Lipinski definition) is 1. The lowest BCUT2D eigenvalue weighted by Crippen LogP contribution is -2.33. The lowest BCUT2D eigenvalue weighted by atomic mass is 10.1. The third kappa shape index (κ3) is 4.59. The number of fused-ring (bicyclic) bond motifs is 1. The summed E-state index contributed by atoms with van der Waals surface area (Å²) in [5, 5.41) is 3.05. The number of ether oxygens (including phenoxy) is 4. The maximum absolute atomic E-state index is 12.2. The summed E-state index contributed by atoms with van der Waals surface area (Å²) >= 11 is 0. The molecule has 0 bridgehead atoms. The Morgan fingerprint density at radius 1 is 1.20 bits per heavy atom. The lowest BCUT2D eigenvalue weighted by Gasteiger charge is -2.16. The van der Waals surface area contributed by atoms with Crippen LogP contribution in [0.2, 0.25) is 0 Å². The zero-order chi connectivity index (χ0) is 18.2. The zero-order valence-electron chi connectivity index (χ0n) is 15.4. The van der Waals surface area contributed by atoms with Crippen LogP contribution >= 0.6 is 0 Å². The van der Waals surface area contributed by atoms with Gasteiger partial charge in [0.2, 0.25) is 24.2 Å². The van der Waals surface area contributed by atoms with Crippen LogP contribution in [0.4, 0.5) is 0 Å². The van der Waals surface area contributed by atoms with Crippen LogP contribution in [0.25, 0.3) is 6.08 Å². The number of hydrogen-bond acceptors (Lipinski definition) is 5. The summed E-state index contributed by atoms with van der Waals surface area (Å²) in [5.74, 6) is 1.97. The molecule has 0 aromatic heterocycles. The lowest BCUT2D eigenvalue weighted by molar-refractivity contribution is -0.117. The normalized spacial score (nSPS) is 12.7. The predicted octanol–water partition coefficient (Wildman–Crippen LogP) is 3.53. The molecule has 1 aliphatic rings. The van der Waals surface area contributed by atoms with E-state index in [2.05, 4.69) is 19.2 Å². The van der Waals surface area contributed by atoms with Crippen molar-refractivity contribution in [2.45, 2.75) is 45.6 Å². The molecule has 1 amide bonds. The molecule has 0 unspecified atom stereocenters. The second kappa shape index (κ2) is 9.20. The second-order valence-corrected chi connectivity index (χ2v) is 5.88. The Hall–Kier alpha value is -2.37. The van der Waals surface area contributed by atoms with Crippen molar-refractivity contribution in [3.63, 3.8) is 0 Å². The quantitative estimate of drug-likeness (QED) is 0.691. The molecule has 2 rings (SSSR count). The summed E-state index contributed by atoms with van der Waals surface area (Å²) in [7, 11) is 3.11. The molecule has 6 heteroatoms. The highest BCUT2D eigenvalue weighted by Crippen LogP contribution is 2.49. The van der Waals surface area contributed by atoms with E-state index in [0.717, 1.165) is 25.7 Å². The van der Waals surface area contributed by atoms with Crippen molar-refractivity contribution in [2.75, 3.05) is 21.0 Å². The van der Waals surface area contributed by atoms with E-state index < -0.39 is 0 Å². The average molecular weight is 349 g/mol. The van der Waals surface area contributed by atoms with Crippen molar-refractivity contribution in [3.8, 4) is 23.0 Å². The van der Waals surface area contributed by atoms with Gasteiger partial charge in [-0.1, -0.05) is 26.7 Å². The first-order valence-electron chi connectivity index (χ1n) is 8.67. The van der Waals surface area contributed by atoms with Crippen LogP contribution in [0.3, 0.4) is 0 Å². The molecule has 25 heavy (non-hydrogen) atoms. The largest absolute Gasteiger partial charge is 0.493 e. The molecule has 0 fully saturated rings. The highest BCUT2D eigenvalue weighted by molar-refractivity contribution is 5.92. The Labute approximate surface area is 149 Å². The summed E-state index contributed by atoms with van der Waals surface area (Å²) in [5.41, 5.74) is 0.696. The van der Waals surface area contributed by atoms with Crippen LogP contribution in [-0.4, -0.2) is 33.0 Å². The van der Waals surface area contributed by atoms with Gasteiger partial charge in [0.05, 0.1) is 14.2 Å². The van der Waals surface area contributed by atoms with Crippen molar-refractivity contribution < 1.29 is 23.7 Å². The van der Waals surface area contributed by atoms with Gasteiger partial charge in [0.15, 0.2) is 11.5 Å². The summed E-state index contributed by atoms with van der Waals surface area (Å²) < 4.78 is 21.7. The fourth-order valence-corrected chi connectivity index (χ4v) is 2.92. The van der Waals surface area contributed by atoms with Crippen molar-refractivity contribution in [1.29, 1.82) is 0 Å². The Kier molecular flexibility index (Phi) is 6.98. The molecule has 1 heterocycles. The van der Waals surface area contributed by atoms with E-state index in [1.54, 1.807) is 26.4 Å². The third-order valence-electron chi connectivity index (χ3n) is 4.05. The van der Waals surface area contributed by atoms with Gasteiger partial charge in [-0.3, -0.25) is 4.79 Å². The molecule has 1 aromatic rings. The molecular formula is C19H27NO5. The molecule has 1 aromatic carbocycles. The van der Waals surface area contributed by atoms with Crippen LogP contribution < -0.4 is 24.3 Å². The highest BCUT2D eigenvalue weighted by atomic mass is 16.7. The molecule has 0 saturated heterocycles. The van der Waals surface area contributed by atoms with E-state index in [1.807, 2.05) is 0 Å². The van der Waals surface area contributed by atoms with Gasteiger partial charge in [0, 0.05) is 17.7 Å².